The first-order valence-electron chi connectivity index (χ1n) is 10.1. The first-order valence-corrected chi connectivity index (χ1v) is 10.9. The van der Waals surface area contributed by atoms with Crippen molar-refractivity contribution >= 4 is 35.1 Å². The molecule has 1 saturated heterocycles. The van der Waals surface area contributed by atoms with Gasteiger partial charge in [0.1, 0.15) is 11.5 Å². The van der Waals surface area contributed by atoms with Crippen LogP contribution < -0.4 is 4.74 Å². The van der Waals surface area contributed by atoms with E-state index in [1.54, 1.807) is 67.1 Å². The molecule has 2 N–H and O–H groups in total. The maximum Gasteiger partial charge on any atom is 0.267 e. The van der Waals surface area contributed by atoms with Gasteiger partial charge in [-0.15, -0.1) is 5.10 Å². The molecule has 0 atom stereocenters. The normalized spacial score (nSPS) is 16.4. The summed E-state index contributed by atoms with van der Waals surface area (Å²) in [5, 5.41) is 28.1. The van der Waals surface area contributed by atoms with E-state index < -0.39 is 0 Å². The second-order valence-corrected chi connectivity index (χ2v) is 7.97. The van der Waals surface area contributed by atoms with E-state index in [-0.39, 0.29) is 24.0 Å². The zero-order valence-electron chi connectivity index (χ0n) is 17.7. The summed E-state index contributed by atoms with van der Waals surface area (Å²) in [6.45, 7) is 2.45. The van der Waals surface area contributed by atoms with Gasteiger partial charge in [0.2, 0.25) is 0 Å². The molecule has 0 bridgehead atoms. The minimum Gasteiger partial charge on any atom is -0.508 e. The predicted molar refractivity (Wildman–Crippen MR) is 127 cm³/mol. The molecular weight excluding hydrogens is 442 g/mol. The van der Waals surface area contributed by atoms with Crippen molar-refractivity contribution in [3.63, 3.8) is 0 Å². The van der Waals surface area contributed by atoms with Gasteiger partial charge in [0.15, 0.2) is 16.7 Å². The molecule has 1 aromatic heterocycles. The Balaban J connectivity index is 1.62. The average Bonchev–Trinajstić information content (AvgIpc) is 3.42. The standard InChI is InChI=1S/C24H21N3O5S/c1-2-31-21-12-17(7-10-20(21)29)13-22-23(30)27(15-19-4-3-11-32-19)24(33-22)26-25-14-16-5-8-18(28)9-6-16/h3-14,28-29H,2,15H2,1H3/b22-13-,25-14+,26-24-. The highest BCUT2D eigenvalue weighted by Gasteiger charge is 2.34. The highest BCUT2D eigenvalue weighted by molar-refractivity contribution is 8.18. The predicted octanol–water partition coefficient (Wildman–Crippen LogP) is 4.60. The number of furan rings is 1. The number of phenols is 2. The Bertz CT molecular complexity index is 1220. The Hall–Kier alpha value is -3.98. The van der Waals surface area contributed by atoms with E-state index >= 15 is 0 Å². The van der Waals surface area contributed by atoms with Crippen molar-refractivity contribution in [2.24, 2.45) is 10.2 Å². The van der Waals surface area contributed by atoms with Gasteiger partial charge in [0, 0.05) is 0 Å². The van der Waals surface area contributed by atoms with E-state index in [0.717, 1.165) is 5.56 Å². The lowest BCUT2D eigenvalue weighted by Gasteiger charge is -2.12. The maximum absolute atomic E-state index is 13.1. The Morgan fingerprint density at radius 1 is 1.12 bits per heavy atom. The highest BCUT2D eigenvalue weighted by atomic mass is 32.2. The fraction of sp³-hybridized carbons (Fsp3) is 0.125. The van der Waals surface area contributed by atoms with Gasteiger partial charge in [-0.2, -0.15) is 5.10 Å². The van der Waals surface area contributed by atoms with E-state index in [9.17, 15) is 15.0 Å². The maximum atomic E-state index is 13.1. The summed E-state index contributed by atoms with van der Waals surface area (Å²) in [5.41, 5.74) is 1.46. The van der Waals surface area contributed by atoms with E-state index in [1.807, 2.05) is 6.92 Å². The molecule has 1 amide bonds. The van der Waals surface area contributed by atoms with Gasteiger partial charge >= 0.3 is 0 Å². The van der Waals surface area contributed by atoms with Gasteiger partial charge in [-0.3, -0.25) is 9.69 Å². The van der Waals surface area contributed by atoms with Crippen LogP contribution in [0.2, 0.25) is 0 Å². The van der Waals surface area contributed by atoms with Crippen molar-refractivity contribution in [1.82, 2.24) is 4.90 Å². The van der Waals surface area contributed by atoms with Crippen LogP contribution in [0.3, 0.4) is 0 Å². The third-order valence-corrected chi connectivity index (χ3v) is 5.60. The third kappa shape index (κ3) is 5.45. The molecule has 168 valence electrons. The van der Waals surface area contributed by atoms with Gasteiger partial charge in [0.05, 0.1) is 30.5 Å². The number of amidine groups is 1. The lowest BCUT2D eigenvalue weighted by Crippen LogP contribution is -2.28. The molecule has 9 heteroatoms. The fourth-order valence-electron chi connectivity index (χ4n) is 3.03. The smallest absolute Gasteiger partial charge is 0.267 e. The minimum atomic E-state index is -0.235. The molecular formula is C24H21N3O5S. The molecule has 2 aromatic carbocycles. The molecule has 1 aliphatic rings. The number of nitrogens with zero attached hydrogens (tertiary/aromatic N) is 3. The minimum absolute atomic E-state index is 0.0367. The number of rotatable bonds is 7. The van der Waals surface area contributed by atoms with Crippen LogP contribution >= 0.6 is 11.8 Å². The molecule has 1 fully saturated rings. The molecule has 0 unspecified atom stereocenters. The molecule has 33 heavy (non-hydrogen) atoms. The number of hydrogen-bond donors (Lipinski definition) is 2. The summed E-state index contributed by atoms with van der Waals surface area (Å²) in [6, 6.07) is 15.0. The SMILES string of the molecule is CCOc1cc(/C=C2\S/C(=N\N=C\c3ccc(O)cc3)N(Cc3ccco3)C2=O)ccc1O. The Morgan fingerprint density at radius 3 is 2.64 bits per heavy atom. The Morgan fingerprint density at radius 2 is 1.91 bits per heavy atom. The molecule has 2 heterocycles. The summed E-state index contributed by atoms with van der Waals surface area (Å²) in [6.07, 6.45) is 4.81. The van der Waals surface area contributed by atoms with Crippen LogP contribution in [0.4, 0.5) is 0 Å². The van der Waals surface area contributed by atoms with E-state index in [0.29, 0.717) is 33.8 Å². The van der Waals surface area contributed by atoms with Gasteiger partial charge in [-0.1, -0.05) is 6.07 Å². The van der Waals surface area contributed by atoms with Crippen LogP contribution in [0.15, 0.2) is 80.4 Å². The van der Waals surface area contributed by atoms with E-state index in [2.05, 4.69) is 10.2 Å². The Kier molecular flexibility index (Phi) is 6.80. The Labute approximate surface area is 194 Å². The van der Waals surface area contributed by atoms with Gasteiger partial charge in [0.25, 0.3) is 5.91 Å². The van der Waals surface area contributed by atoms with Crippen molar-refractivity contribution in [2.45, 2.75) is 13.5 Å². The summed E-state index contributed by atoms with van der Waals surface area (Å²) < 4.78 is 10.8. The molecule has 1 aliphatic heterocycles. The molecule has 0 saturated carbocycles. The average molecular weight is 464 g/mol. The number of benzene rings is 2. The van der Waals surface area contributed by atoms with Crippen LogP contribution in [0.5, 0.6) is 17.2 Å². The van der Waals surface area contributed by atoms with E-state index in [4.69, 9.17) is 9.15 Å². The monoisotopic (exact) mass is 463 g/mol. The summed E-state index contributed by atoms with van der Waals surface area (Å²) >= 11 is 1.19. The van der Waals surface area contributed by atoms with Crippen molar-refractivity contribution in [1.29, 1.82) is 0 Å². The number of thioether (sulfide) groups is 1. The van der Waals surface area contributed by atoms with Crippen LogP contribution in [0, 0.1) is 0 Å². The second kappa shape index (κ2) is 10.1. The molecule has 0 radical (unpaired) electrons. The molecule has 4 rings (SSSR count). The number of ether oxygens (including phenoxy) is 1. The third-order valence-electron chi connectivity index (χ3n) is 4.61. The van der Waals surface area contributed by atoms with E-state index in [1.165, 1.54) is 22.7 Å². The van der Waals surface area contributed by atoms with Crippen LogP contribution in [-0.2, 0) is 11.3 Å². The molecule has 3 aromatic rings. The molecule has 0 spiro atoms. The zero-order chi connectivity index (χ0) is 23.2. The van der Waals surface area contributed by atoms with Crippen molar-refractivity contribution in [3.05, 3.63) is 82.7 Å². The summed E-state index contributed by atoms with van der Waals surface area (Å²) in [7, 11) is 0. The quantitative estimate of drug-likeness (QED) is 0.301. The van der Waals surface area contributed by atoms with Gasteiger partial charge < -0.3 is 19.4 Å². The van der Waals surface area contributed by atoms with Crippen molar-refractivity contribution < 1.29 is 24.2 Å². The van der Waals surface area contributed by atoms with Gasteiger partial charge in [-0.25, -0.2) is 0 Å². The van der Waals surface area contributed by atoms with Crippen molar-refractivity contribution in [2.75, 3.05) is 6.61 Å². The highest BCUT2D eigenvalue weighted by Crippen LogP contribution is 2.35. The summed E-state index contributed by atoms with van der Waals surface area (Å²) in [4.78, 5) is 15.1. The fourth-order valence-corrected chi connectivity index (χ4v) is 3.96. The molecule has 8 nitrogen and oxygen atoms in total. The van der Waals surface area contributed by atoms with Gasteiger partial charge in [-0.05, 0) is 84.4 Å². The number of aromatic hydroxyl groups is 2. The van der Waals surface area contributed by atoms with Crippen LogP contribution in [0.1, 0.15) is 23.8 Å². The zero-order valence-corrected chi connectivity index (χ0v) is 18.5. The lowest BCUT2D eigenvalue weighted by atomic mass is 10.2. The number of phenolic OH excluding ortho intramolecular Hbond substituents is 2. The summed E-state index contributed by atoms with van der Waals surface area (Å²) in [5.74, 6) is 0.929. The largest absolute Gasteiger partial charge is 0.508 e. The first kappa shape index (κ1) is 22.2. The second-order valence-electron chi connectivity index (χ2n) is 6.96. The lowest BCUT2D eigenvalue weighted by molar-refractivity contribution is -0.122. The molecule has 0 aliphatic carbocycles. The van der Waals surface area contributed by atoms with Crippen molar-refractivity contribution in [3.8, 4) is 17.2 Å². The number of amides is 1. The number of carbonyl (C=O) groups is 1. The number of carbonyl (C=O) groups excluding carboxylic acids is 1. The topological polar surface area (TPSA) is 108 Å². The first-order chi connectivity index (χ1) is 16.0. The van der Waals surface area contributed by atoms with Crippen LogP contribution in [-0.4, -0.2) is 39.0 Å². The number of hydrogen-bond acceptors (Lipinski definition) is 8. The van der Waals surface area contributed by atoms with Crippen LogP contribution in [0.25, 0.3) is 6.08 Å².